The van der Waals surface area contributed by atoms with E-state index in [0.717, 1.165) is 31.0 Å². The third-order valence-electron chi connectivity index (χ3n) is 4.25. The summed E-state index contributed by atoms with van der Waals surface area (Å²) in [6, 6.07) is 14.3. The van der Waals surface area contributed by atoms with Crippen molar-refractivity contribution in [1.82, 2.24) is 15.1 Å². The molecule has 0 fully saturated rings. The number of halogens is 1. The minimum atomic E-state index is 0. The van der Waals surface area contributed by atoms with E-state index in [4.69, 9.17) is 0 Å². The van der Waals surface area contributed by atoms with Crippen molar-refractivity contribution in [2.75, 3.05) is 33.7 Å². The van der Waals surface area contributed by atoms with Crippen molar-refractivity contribution in [2.24, 2.45) is 4.99 Å². The molecule has 0 atom stereocenters. The number of aliphatic imine (C=N–C) groups is 1. The van der Waals surface area contributed by atoms with Crippen LogP contribution in [0.3, 0.4) is 0 Å². The van der Waals surface area contributed by atoms with Gasteiger partial charge in [0.15, 0.2) is 5.96 Å². The summed E-state index contributed by atoms with van der Waals surface area (Å²) in [5.41, 5.74) is 1.14. The zero-order valence-electron chi connectivity index (χ0n) is 16.9. The molecule has 0 unspecified atom stereocenters. The second kappa shape index (κ2) is 13.5. The lowest BCUT2D eigenvalue weighted by Crippen LogP contribution is -2.40. The second-order valence-corrected chi connectivity index (χ2v) is 7.50. The number of likely N-dealkylation sites (N-methyl/N-ethyl adjacent to an activating group) is 1. The van der Waals surface area contributed by atoms with E-state index in [2.05, 4.69) is 39.6 Å². The van der Waals surface area contributed by atoms with Crippen molar-refractivity contribution in [2.45, 2.75) is 26.3 Å². The average molecular weight is 514 g/mol. The van der Waals surface area contributed by atoms with Gasteiger partial charge >= 0.3 is 0 Å². The molecule has 0 saturated heterocycles. The zero-order chi connectivity index (χ0) is 19.5. The summed E-state index contributed by atoms with van der Waals surface area (Å²) >= 11 is 1.78. The number of rotatable bonds is 9. The van der Waals surface area contributed by atoms with E-state index in [-0.39, 0.29) is 29.9 Å². The lowest BCUT2D eigenvalue weighted by atomic mass is 10.2. The van der Waals surface area contributed by atoms with Gasteiger partial charge in [0, 0.05) is 45.0 Å². The Morgan fingerprint density at radius 1 is 1.11 bits per heavy atom. The Balaban J connectivity index is 0.00000392. The first-order valence-electron chi connectivity index (χ1n) is 9.40. The molecule has 0 aliphatic carbocycles. The molecule has 0 saturated carbocycles. The normalized spacial score (nSPS) is 10.9. The van der Waals surface area contributed by atoms with Crippen LogP contribution in [0.15, 0.2) is 52.8 Å². The van der Waals surface area contributed by atoms with Crippen LogP contribution in [0.4, 0.5) is 0 Å². The predicted octanol–water partition coefficient (Wildman–Crippen LogP) is 3.85. The van der Waals surface area contributed by atoms with Gasteiger partial charge in [0.05, 0.1) is 6.54 Å². The molecule has 0 radical (unpaired) electrons. The summed E-state index contributed by atoms with van der Waals surface area (Å²) in [6.45, 7) is 4.88. The Labute approximate surface area is 189 Å². The van der Waals surface area contributed by atoms with Crippen molar-refractivity contribution in [3.05, 3.63) is 58.3 Å². The molecule has 2 aromatic rings. The third-order valence-corrected chi connectivity index (χ3v) is 5.18. The van der Waals surface area contributed by atoms with Gasteiger partial charge in [0.2, 0.25) is 5.91 Å². The molecule has 1 heterocycles. The number of hydrogen-bond acceptors (Lipinski definition) is 3. The predicted molar refractivity (Wildman–Crippen MR) is 130 cm³/mol. The van der Waals surface area contributed by atoms with E-state index < -0.39 is 0 Å². The quantitative estimate of drug-likeness (QED) is 0.314. The van der Waals surface area contributed by atoms with Crippen LogP contribution in [-0.2, 0) is 17.8 Å². The van der Waals surface area contributed by atoms with Crippen LogP contribution < -0.4 is 5.32 Å². The van der Waals surface area contributed by atoms with Crippen molar-refractivity contribution in [1.29, 1.82) is 0 Å². The Hall–Kier alpha value is -1.61. The molecule has 0 bridgehead atoms. The zero-order valence-corrected chi connectivity index (χ0v) is 20.1. The molecule has 5 nitrogen and oxygen atoms in total. The van der Waals surface area contributed by atoms with Crippen LogP contribution in [-0.4, -0.2) is 55.4 Å². The molecular formula is C21H31IN4OS. The first-order valence-corrected chi connectivity index (χ1v) is 10.3. The van der Waals surface area contributed by atoms with Crippen LogP contribution in [0.25, 0.3) is 0 Å². The van der Waals surface area contributed by atoms with Crippen LogP contribution in [0.2, 0.25) is 0 Å². The van der Waals surface area contributed by atoms with Gasteiger partial charge in [-0.2, -0.15) is 0 Å². The number of guanidine groups is 1. The molecule has 0 spiro atoms. The lowest BCUT2D eigenvalue weighted by Gasteiger charge is -2.22. The van der Waals surface area contributed by atoms with Crippen molar-refractivity contribution in [3.8, 4) is 0 Å². The van der Waals surface area contributed by atoms with Gasteiger partial charge in [-0.3, -0.25) is 9.79 Å². The number of nitrogens with one attached hydrogen (secondary N) is 1. The topological polar surface area (TPSA) is 47.9 Å². The molecule has 1 aromatic carbocycles. The van der Waals surface area contributed by atoms with Crippen LogP contribution in [0.1, 0.15) is 23.8 Å². The Morgan fingerprint density at radius 2 is 1.86 bits per heavy atom. The Kier molecular flexibility index (Phi) is 11.8. The molecule has 7 heteroatoms. The van der Waals surface area contributed by atoms with Gasteiger partial charge in [-0.05, 0) is 30.4 Å². The monoisotopic (exact) mass is 514 g/mol. The number of carbonyl (C=O) groups excluding carboxylic acids is 1. The maximum Gasteiger partial charge on any atom is 0.224 e. The fourth-order valence-electron chi connectivity index (χ4n) is 2.70. The summed E-state index contributed by atoms with van der Waals surface area (Å²) in [5, 5.41) is 5.41. The fraction of sp³-hybridized carbons (Fsp3) is 0.429. The van der Waals surface area contributed by atoms with Crippen molar-refractivity contribution in [3.63, 3.8) is 0 Å². The minimum absolute atomic E-state index is 0. The van der Waals surface area contributed by atoms with Crippen molar-refractivity contribution < 1.29 is 4.79 Å². The molecule has 0 aliphatic rings. The van der Waals surface area contributed by atoms with Crippen LogP contribution >= 0.6 is 35.3 Å². The molecule has 1 aromatic heterocycles. The minimum Gasteiger partial charge on any atom is -0.357 e. The SMILES string of the molecule is CCNC(=NCCC(=O)N(C)Cc1ccccc1)N(C)CCc1cccs1.I. The number of hydrogen-bond donors (Lipinski definition) is 1. The summed E-state index contributed by atoms with van der Waals surface area (Å²) in [7, 11) is 3.88. The lowest BCUT2D eigenvalue weighted by molar-refractivity contribution is -0.130. The average Bonchev–Trinajstić information content (AvgIpc) is 3.19. The van der Waals surface area contributed by atoms with E-state index in [1.807, 2.05) is 44.4 Å². The van der Waals surface area contributed by atoms with Gasteiger partial charge < -0.3 is 15.1 Å². The van der Waals surface area contributed by atoms with E-state index >= 15 is 0 Å². The van der Waals surface area contributed by atoms with E-state index in [1.54, 1.807) is 16.2 Å². The Morgan fingerprint density at radius 3 is 2.50 bits per heavy atom. The molecule has 0 aliphatic heterocycles. The number of carbonyl (C=O) groups is 1. The van der Waals surface area contributed by atoms with Gasteiger partial charge in [-0.25, -0.2) is 0 Å². The number of nitrogens with zero attached hydrogens (tertiary/aromatic N) is 3. The number of thiophene rings is 1. The molecule has 154 valence electrons. The van der Waals surface area contributed by atoms with Gasteiger partial charge in [0.25, 0.3) is 0 Å². The standard InChI is InChI=1S/C21H30N4OS.HI/c1-4-22-21(24(2)15-13-19-11-8-16-27-19)23-14-12-20(26)25(3)17-18-9-6-5-7-10-18;/h5-11,16H,4,12-15,17H2,1-3H3,(H,22,23);1H. The van der Waals surface area contributed by atoms with Crippen molar-refractivity contribution >= 4 is 47.2 Å². The highest BCUT2D eigenvalue weighted by atomic mass is 127. The summed E-state index contributed by atoms with van der Waals surface area (Å²) < 4.78 is 0. The highest BCUT2D eigenvalue weighted by Gasteiger charge is 2.10. The maximum absolute atomic E-state index is 12.4. The summed E-state index contributed by atoms with van der Waals surface area (Å²) in [4.78, 5) is 22.3. The third kappa shape index (κ3) is 8.60. The molecule has 1 N–H and O–H groups in total. The second-order valence-electron chi connectivity index (χ2n) is 6.47. The van der Waals surface area contributed by atoms with Gasteiger partial charge in [0.1, 0.15) is 0 Å². The highest BCUT2D eigenvalue weighted by Crippen LogP contribution is 2.09. The molecule has 1 amide bonds. The maximum atomic E-state index is 12.4. The fourth-order valence-corrected chi connectivity index (χ4v) is 3.40. The van der Waals surface area contributed by atoms with E-state index in [9.17, 15) is 4.79 Å². The summed E-state index contributed by atoms with van der Waals surface area (Å²) in [6.07, 6.45) is 1.41. The first-order chi connectivity index (χ1) is 13.1. The van der Waals surface area contributed by atoms with Gasteiger partial charge in [-0.1, -0.05) is 36.4 Å². The van der Waals surface area contributed by atoms with Crippen LogP contribution in [0, 0.1) is 0 Å². The highest BCUT2D eigenvalue weighted by molar-refractivity contribution is 14.0. The van der Waals surface area contributed by atoms with E-state index in [1.165, 1.54) is 4.88 Å². The number of benzene rings is 1. The molecule has 28 heavy (non-hydrogen) atoms. The number of amides is 1. The molecular weight excluding hydrogens is 483 g/mol. The largest absolute Gasteiger partial charge is 0.357 e. The van der Waals surface area contributed by atoms with Gasteiger partial charge in [-0.15, -0.1) is 35.3 Å². The summed E-state index contributed by atoms with van der Waals surface area (Å²) in [5.74, 6) is 0.965. The van der Waals surface area contributed by atoms with Crippen LogP contribution in [0.5, 0.6) is 0 Å². The molecule has 2 rings (SSSR count). The first kappa shape index (κ1) is 24.4. The Bertz CT molecular complexity index is 706. The van der Waals surface area contributed by atoms with E-state index in [0.29, 0.717) is 19.5 Å². The smallest absolute Gasteiger partial charge is 0.224 e.